The van der Waals surface area contributed by atoms with E-state index in [2.05, 4.69) is 21.5 Å². The van der Waals surface area contributed by atoms with Crippen molar-refractivity contribution in [3.63, 3.8) is 0 Å². The molecule has 0 aliphatic heterocycles. The summed E-state index contributed by atoms with van der Waals surface area (Å²) in [5.41, 5.74) is 0.780. The lowest BCUT2D eigenvalue weighted by molar-refractivity contribution is -0.115. The molecule has 2 N–H and O–H groups in total. The molecule has 2 aromatic rings. The van der Waals surface area contributed by atoms with Crippen LogP contribution in [0, 0.1) is 12.3 Å². The lowest BCUT2D eigenvalue weighted by Crippen LogP contribution is -2.28. The summed E-state index contributed by atoms with van der Waals surface area (Å²) >= 11 is 0. The van der Waals surface area contributed by atoms with E-state index < -0.39 is 0 Å². The van der Waals surface area contributed by atoms with Gasteiger partial charge in [0.25, 0.3) is 0 Å². The van der Waals surface area contributed by atoms with Crippen molar-refractivity contribution in [3.8, 4) is 12.3 Å². The minimum absolute atomic E-state index is 0.116. The highest BCUT2D eigenvalue weighted by Gasteiger charge is 2.04. The molecule has 0 bridgehead atoms. The van der Waals surface area contributed by atoms with Gasteiger partial charge in [0.2, 0.25) is 5.91 Å². The van der Waals surface area contributed by atoms with Crippen molar-refractivity contribution in [2.24, 2.45) is 0 Å². The Hall–Kier alpha value is -2.38. The Bertz CT molecular complexity index is 596. The highest BCUT2D eigenvalue weighted by atomic mass is 16.1. The predicted octanol–water partition coefficient (Wildman–Crippen LogP) is 1.40. The Morgan fingerprint density at radius 2 is 2.28 bits per heavy atom. The van der Waals surface area contributed by atoms with Gasteiger partial charge in [-0.05, 0) is 12.1 Å². The molecule has 0 radical (unpaired) electrons. The van der Waals surface area contributed by atoms with Crippen molar-refractivity contribution >= 4 is 22.4 Å². The fourth-order valence-corrected chi connectivity index (χ4v) is 1.67. The van der Waals surface area contributed by atoms with Gasteiger partial charge in [-0.25, -0.2) is 0 Å². The highest BCUT2D eigenvalue weighted by molar-refractivity contribution is 6.02. The molecule has 4 nitrogen and oxygen atoms in total. The Kier molecular flexibility index (Phi) is 3.90. The SMILES string of the molecule is C#CCNCC(=O)Nc1cccc2cnccc12. The van der Waals surface area contributed by atoms with Crippen LogP contribution in [0.15, 0.2) is 36.7 Å². The van der Waals surface area contributed by atoms with Crippen molar-refractivity contribution in [1.82, 2.24) is 10.3 Å². The van der Waals surface area contributed by atoms with E-state index >= 15 is 0 Å². The summed E-state index contributed by atoms with van der Waals surface area (Å²) in [6, 6.07) is 7.57. The number of amides is 1. The molecular formula is C14H13N3O. The number of terminal acetylenes is 1. The zero-order chi connectivity index (χ0) is 12.8. The van der Waals surface area contributed by atoms with E-state index in [0.29, 0.717) is 6.54 Å². The molecular weight excluding hydrogens is 226 g/mol. The second-order valence-electron chi connectivity index (χ2n) is 3.76. The number of carbonyl (C=O) groups excluding carboxylic acids is 1. The fraction of sp³-hybridized carbons (Fsp3) is 0.143. The molecule has 0 fully saturated rings. The van der Waals surface area contributed by atoms with E-state index in [0.717, 1.165) is 16.5 Å². The first-order valence-electron chi connectivity index (χ1n) is 5.58. The van der Waals surface area contributed by atoms with E-state index in [-0.39, 0.29) is 12.5 Å². The van der Waals surface area contributed by atoms with Gasteiger partial charge in [0.15, 0.2) is 0 Å². The van der Waals surface area contributed by atoms with Crippen LogP contribution in [0.5, 0.6) is 0 Å². The van der Waals surface area contributed by atoms with Gasteiger partial charge < -0.3 is 5.32 Å². The molecule has 4 heteroatoms. The highest BCUT2D eigenvalue weighted by Crippen LogP contribution is 2.21. The van der Waals surface area contributed by atoms with E-state index in [9.17, 15) is 4.79 Å². The lowest BCUT2D eigenvalue weighted by Gasteiger charge is -2.08. The molecule has 0 saturated heterocycles. The zero-order valence-electron chi connectivity index (χ0n) is 9.81. The van der Waals surface area contributed by atoms with Gasteiger partial charge >= 0.3 is 0 Å². The summed E-state index contributed by atoms with van der Waals surface area (Å²) in [6.45, 7) is 0.582. The van der Waals surface area contributed by atoms with Gasteiger partial charge in [0.1, 0.15) is 0 Å². The molecule has 18 heavy (non-hydrogen) atoms. The Labute approximate surface area is 105 Å². The van der Waals surface area contributed by atoms with Crippen LogP contribution in [-0.4, -0.2) is 24.0 Å². The zero-order valence-corrected chi connectivity index (χ0v) is 9.81. The molecule has 2 rings (SSSR count). The van der Waals surface area contributed by atoms with Crippen LogP contribution in [0.1, 0.15) is 0 Å². The van der Waals surface area contributed by atoms with Gasteiger partial charge in [0, 0.05) is 28.9 Å². The fourth-order valence-electron chi connectivity index (χ4n) is 1.67. The number of hydrogen-bond acceptors (Lipinski definition) is 3. The van der Waals surface area contributed by atoms with Crippen molar-refractivity contribution in [2.75, 3.05) is 18.4 Å². The molecule has 90 valence electrons. The normalized spacial score (nSPS) is 9.94. The summed E-state index contributed by atoms with van der Waals surface area (Å²) in [6.07, 6.45) is 8.56. The van der Waals surface area contributed by atoms with Gasteiger partial charge in [0.05, 0.1) is 13.1 Å². The van der Waals surface area contributed by atoms with Gasteiger partial charge in [-0.3, -0.25) is 15.1 Å². The third kappa shape index (κ3) is 2.84. The summed E-state index contributed by atoms with van der Waals surface area (Å²) in [4.78, 5) is 15.7. The largest absolute Gasteiger partial charge is 0.324 e. The average Bonchev–Trinajstić information content (AvgIpc) is 2.39. The first-order valence-corrected chi connectivity index (χ1v) is 5.58. The molecule has 0 atom stereocenters. The molecule has 0 spiro atoms. The minimum Gasteiger partial charge on any atom is -0.324 e. The van der Waals surface area contributed by atoms with Crippen LogP contribution in [-0.2, 0) is 4.79 Å². The van der Waals surface area contributed by atoms with Crippen LogP contribution < -0.4 is 10.6 Å². The average molecular weight is 239 g/mol. The number of rotatable bonds is 4. The van der Waals surface area contributed by atoms with E-state index in [1.54, 1.807) is 12.4 Å². The minimum atomic E-state index is -0.116. The molecule has 0 aliphatic carbocycles. The van der Waals surface area contributed by atoms with Crippen molar-refractivity contribution in [2.45, 2.75) is 0 Å². The van der Waals surface area contributed by atoms with E-state index in [4.69, 9.17) is 6.42 Å². The Balaban J connectivity index is 2.12. The molecule has 1 aromatic heterocycles. The van der Waals surface area contributed by atoms with Crippen LogP contribution in [0.25, 0.3) is 10.8 Å². The molecule has 0 unspecified atom stereocenters. The molecule has 0 saturated carbocycles. The number of anilines is 1. The number of nitrogens with one attached hydrogen (secondary N) is 2. The van der Waals surface area contributed by atoms with E-state index in [1.807, 2.05) is 24.3 Å². The maximum Gasteiger partial charge on any atom is 0.238 e. The third-order valence-corrected chi connectivity index (χ3v) is 2.47. The predicted molar refractivity (Wildman–Crippen MR) is 72.1 cm³/mol. The molecule has 1 amide bonds. The summed E-state index contributed by atoms with van der Waals surface area (Å²) < 4.78 is 0. The van der Waals surface area contributed by atoms with Gasteiger partial charge in [-0.15, -0.1) is 6.42 Å². The van der Waals surface area contributed by atoms with Crippen molar-refractivity contribution in [1.29, 1.82) is 0 Å². The molecule has 1 aromatic carbocycles. The van der Waals surface area contributed by atoms with Crippen molar-refractivity contribution in [3.05, 3.63) is 36.7 Å². The number of hydrogen-bond donors (Lipinski definition) is 2. The Morgan fingerprint density at radius 3 is 3.11 bits per heavy atom. The molecule has 0 aliphatic rings. The number of pyridine rings is 1. The number of carbonyl (C=O) groups is 1. The second kappa shape index (κ2) is 5.80. The number of nitrogens with zero attached hydrogens (tertiary/aromatic N) is 1. The van der Waals surface area contributed by atoms with E-state index in [1.165, 1.54) is 0 Å². The van der Waals surface area contributed by atoms with Crippen molar-refractivity contribution < 1.29 is 4.79 Å². The van der Waals surface area contributed by atoms with Crippen LogP contribution >= 0.6 is 0 Å². The van der Waals surface area contributed by atoms with Crippen LogP contribution in [0.4, 0.5) is 5.69 Å². The smallest absolute Gasteiger partial charge is 0.238 e. The standard InChI is InChI=1S/C14H13N3O/c1-2-7-15-10-14(18)17-13-5-3-4-11-9-16-8-6-12(11)13/h1,3-6,8-9,15H,7,10H2,(H,17,18). The number of fused-ring (bicyclic) bond motifs is 1. The third-order valence-electron chi connectivity index (χ3n) is 2.47. The van der Waals surface area contributed by atoms with Crippen LogP contribution in [0.3, 0.4) is 0 Å². The lowest BCUT2D eigenvalue weighted by atomic mass is 10.1. The first-order chi connectivity index (χ1) is 8.81. The van der Waals surface area contributed by atoms with Gasteiger partial charge in [-0.1, -0.05) is 18.1 Å². The summed E-state index contributed by atoms with van der Waals surface area (Å²) in [5, 5.41) is 7.65. The monoisotopic (exact) mass is 239 g/mol. The maximum atomic E-state index is 11.7. The summed E-state index contributed by atoms with van der Waals surface area (Å²) in [5.74, 6) is 2.30. The van der Waals surface area contributed by atoms with Gasteiger partial charge in [-0.2, -0.15) is 0 Å². The number of benzene rings is 1. The first kappa shape index (κ1) is 12.1. The second-order valence-corrected chi connectivity index (χ2v) is 3.76. The topological polar surface area (TPSA) is 54.0 Å². The Morgan fingerprint density at radius 1 is 1.39 bits per heavy atom. The van der Waals surface area contributed by atoms with Crippen LogP contribution in [0.2, 0.25) is 0 Å². The molecule has 1 heterocycles. The number of aromatic nitrogens is 1. The summed E-state index contributed by atoms with van der Waals surface area (Å²) in [7, 11) is 0. The quantitative estimate of drug-likeness (QED) is 0.626. The maximum absolute atomic E-state index is 11.7.